The van der Waals surface area contributed by atoms with Gasteiger partial charge in [-0.15, -0.1) is 0 Å². The van der Waals surface area contributed by atoms with Crippen molar-refractivity contribution in [2.75, 3.05) is 20.2 Å². The first-order valence-corrected chi connectivity index (χ1v) is 6.52. The summed E-state index contributed by atoms with van der Waals surface area (Å²) in [4.78, 5) is 24.8. The summed E-state index contributed by atoms with van der Waals surface area (Å²) in [5.41, 5.74) is 0. The van der Waals surface area contributed by atoms with Crippen LogP contribution in [0.1, 0.15) is 45.4 Å². The molecule has 0 aromatic carbocycles. The fourth-order valence-electron chi connectivity index (χ4n) is 2.36. The molecule has 0 saturated heterocycles. The second-order valence-corrected chi connectivity index (χ2v) is 4.69. The normalized spacial score (nSPS) is 16.6. The third-order valence-corrected chi connectivity index (χ3v) is 3.47. The van der Waals surface area contributed by atoms with Crippen molar-refractivity contribution in [3.8, 4) is 0 Å². The fourth-order valence-corrected chi connectivity index (χ4v) is 2.36. The summed E-state index contributed by atoms with van der Waals surface area (Å²) < 4.78 is 4.59. The molecule has 0 unspecified atom stereocenters. The summed E-state index contributed by atoms with van der Waals surface area (Å²) in [5, 5.41) is 0. The number of carbonyl (C=O) groups is 2. The Morgan fingerprint density at radius 3 is 2.41 bits per heavy atom. The third-order valence-electron chi connectivity index (χ3n) is 3.47. The van der Waals surface area contributed by atoms with Gasteiger partial charge in [0.1, 0.15) is 6.54 Å². The Morgan fingerprint density at radius 1 is 1.24 bits per heavy atom. The van der Waals surface area contributed by atoms with Gasteiger partial charge in [-0.1, -0.05) is 19.3 Å². The summed E-state index contributed by atoms with van der Waals surface area (Å²) >= 11 is 0. The molecule has 4 nitrogen and oxygen atoms in total. The summed E-state index contributed by atoms with van der Waals surface area (Å²) in [5.74, 6) is 0.261. The van der Waals surface area contributed by atoms with E-state index in [4.69, 9.17) is 0 Å². The average Bonchev–Trinajstić information content (AvgIpc) is 2.36. The highest BCUT2D eigenvalue weighted by Crippen LogP contribution is 2.26. The van der Waals surface area contributed by atoms with Crippen molar-refractivity contribution in [3.63, 3.8) is 0 Å². The predicted molar refractivity (Wildman–Crippen MR) is 65.5 cm³/mol. The minimum atomic E-state index is -0.344. The van der Waals surface area contributed by atoms with Gasteiger partial charge >= 0.3 is 5.97 Å². The molecule has 1 aliphatic carbocycles. The van der Waals surface area contributed by atoms with Crippen molar-refractivity contribution in [2.24, 2.45) is 5.92 Å². The minimum absolute atomic E-state index is 0.0819. The molecule has 1 amide bonds. The molecule has 0 heterocycles. The van der Waals surface area contributed by atoms with Crippen molar-refractivity contribution in [3.05, 3.63) is 0 Å². The zero-order valence-electron chi connectivity index (χ0n) is 10.9. The van der Waals surface area contributed by atoms with Crippen molar-refractivity contribution in [1.29, 1.82) is 0 Å². The monoisotopic (exact) mass is 241 g/mol. The van der Waals surface area contributed by atoms with E-state index in [0.29, 0.717) is 18.9 Å². The molecule has 0 bridgehead atoms. The summed E-state index contributed by atoms with van der Waals surface area (Å²) in [6, 6.07) is 0. The Morgan fingerprint density at radius 2 is 1.88 bits per heavy atom. The zero-order chi connectivity index (χ0) is 12.7. The second kappa shape index (κ2) is 7.30. The topological polar surface area (TPSA) is 46.6 Å². The first kappa shape index (κ1) is 14.0. The van der Waals surface area contributed by atoms with Gasteiger partial charge in [0.15, 0.2) is 0 Å². The lowest BCUT2D eigenvalue weighted by Gasteiger charge is -2.25. The number of methoxy groups -OCH3 is 1. The molecule has 1 fully saturated rings. The van der Waals surface area contributed by atoms with Gasteiger partial charge in [-0.05, 0) is 25.7 Å². The van der Waals surface area contributed by atoms with Gasteiger partial charge in [0.25, 0.3) is 0 Å². The van der Waals surface area contributed by atoms with Gasteiger partial charge in [-0.3, -0.25) is 9.59 Å². The van der Waals surface area contributed by atoms with Crippen LogP contribution in [-0.4, -0.2) is 37.0 Å². The van der Waals surface area contributed by atoms with Crippen LogP contribution >= 0.6 is 0 Å². The highest BCUT2D eigenvalue weighted by atomic mass is 16.5. The summed E-state index contributed by atoms with van der Waals surface area (Å²) in [6.45, 7) is 2.54. The molecule has 98 valence electrons. The lowest BCUT2D eigenvalue weighted by Crippen LogP contribution is -2.37. The molecule has 0 aromatic rings. The van der Waals surface area contributed by atoms with E-state index in [2.05, 4.69) is 4.74 Å². The molecule has 4 heteroatoms. The van der Waals surface area contributed by atoms with Crippen molar-refractivity contribution >= 4 is 11.9 Å². The number of hydrogen-bond donors (Lipinski definition) is 0. The smallest absolute Gasteiger partial charge is 0.325 e. The number of esters is 1. The molecule has 0 atom stereocenters. The standard InChI is InChI=1S/C13H23NO3/c1-3-14(10-13(16)17-2)12(15)9-11-7-5-4-6-8-11/h11H,3-10H2,1-2H3. The van der Waals surface area contributed by atoms with Crippen LogP contribution in [0.5, 0.6) is 0 Å². The molecule has 17 heavy (non-hydrogen) atoms. The Kier molecular flexibility index (Phi) is 6.01. The van der Waals surface area contributed by atoms with Crippen LogP contribution in [0.4, 0.5) is 0 Å². The number of nitrogens with zero attached hydrogens (tertiary/aromatic N) is 1. The Bertz CT molecular complexity index is 259. The van der Waals surface area contributed by atoms with Gasteiger partial charge in [-0.2, -0.15) is 0 Å². The van der Waals surface area contributed by atoms with Crippen molar-refractivity contribution in [2.45, 2.75) is 45.4 Å². The molecule has 1 aliphatic rings. The third kappa shape index (κ3) is 4.75. The zero-order valence-corrected chi connectivity index (χ0v) is 10.9. The number of rotatable bonds is 5. The molecular formula is C13H23NO3. The lowest BCUT2D eigenvalue weighted by atomic mass is 9.86. The van der Waals surface area contributed by atoms with Gasteiger partial charge < -0.3 is 9.64 Å². The van der Waals surface area contributed by atoms with Crippen LogP contribution in [0.25, 0.3) is 0 Å². The molecular weight excluding hydrogens is 218 g/mol. The van der Waals surface area contributed by atoms with Crippen LogP contribution in [0.15, 0.2) is 0 Å². The first-order chi connectivity index (χ1) is 8.17. The van der Waals surface area contributed by atoms with E-state index in [0.717, 1.165) is 12.8 Å². The van der Waals surface area contributed by atoms with E-state index in [9.17, 15) is 9.59 Å². The SMILES string of the molecule is CCN(CC(=O)OC)C(=O)CC1CCCCC1. The van der Waals surface area contributed by atoms with Crippen molar-refractivity contribution in [1.82, 2.24) is 4.90 Å². The van der Waals surface area contributed by atoms with Gasteiger partial charge in [-0.25, -0.2) is 0 Å². The fraction of sp³-hybridized carbons (Fsp3) is 0.846. The van der Waals surface area contributed by atoms with Crippen molar-refractivity contribution < 1.29 is 14.3 Å². The number of carbonyl (C=O) groups excluding carboxylic acids is 2. The second-order valence-electron chi connectivity index (χ2n) is 4.69. The van der Waals surface area contributed by atoms with Crippen LogP contribution in [0.3, 0.4) is 0 Å². The number of ether oxygens (including phenoxy) is 1. The van der Waals surface area contributed by atoms with Crippen LogP contribution in [0, 0.1) is 5.92 Å². The van der Waals surface area contributed by atoms with E-state index in [1.54, 1.807) is 4.90 Å². The Balaban J connectivity index is 2.39. The number of hydrogen-bond acceptors (Lipinski definition) is 3. The van der Waals surface area contributed by atoms with E-state index in [1.165, 1.54) is 26.4 Å². The highest BCUT2D eigenvalue weighted by molar-refractivity contribution is 5.82. The first-order valence-electron chi connectivity index (χ1n) is 6.52. The van der Waals surface area contributed by atoms with E-state index < -0.39 is 0 Å². The molecule has 0 aliphatic heterocycles. The van der Waals surface area contributed by atoms with Gasteiger partial charge in [0.2, 0.25) is 5.91 Å². The summed E-state index contributed by atoms with van der Waals surface area (Å²) in [7, 11) is 1.35. The molecule has 1 saturated carbocycles. The van der Waals surface area contributed by atoms with E-state index in [-0.39, 0.29) is 18.4 Å². The van der Waals surface area contributed by atoms with Gasteiger partial charge in [0, 0.05) is 13.0 Å². The van der Waals surface area contributed by atoms with Gasteiger partial charge in [0.05, 0.1) is 7.11 Å². The highest BCUT2D eigenvalue weighted by Gasteiger charge is 2.21. The quantitative estimate of drug-likeness (QED) is 0.691. The summed E-state index contributed by atoms with van der Waals surface area (Å²) in [6.07, 6.45) is 6.67. The Hall–Kier alpha value is -1.06. The van der Waals surface area contributed by atoms with E-state index in [1.807, 2.05) is 6.92 Å². The maximum Gasteiger partial charge on any atom is 0.325 e. The largest absolute Gasteiger partial charge is 0.468 e. The van der Waals surface area contributed by atoms with Crippen LogP contribution in [-0.2, 0) is 14.3 Å². The molecule has 0 radical (unpaired) electrons. The minimum Gasteiger partial charge on any atom is -0.468 e. The van der Waals surface area contributed by atoms with E-state index >= 15 is 0 Å². The molecule has 0 spiro atoms. The number of likely N-dealkylation sites (N-methyl/N-ethyl adjacent to an activating group) is 1. The lowest BCUT2D eigenvalue weighted by molar-refractivity contribution is -0.147. The number of amides is 1. The van der Waals surface area contributed by atoms with Crippen LogP contribution < -0.4 is 0 Å². The van der Waals surface area contributed by atoms with Crippen LogP contribution in [0.2, 0.25) is 0 Å². The molecule has 0 aromatic heterocycles. The maximum atomic E-state index is 12.0. The molecule has 0 N–H and O–H groups in total. The predicted octanol–water partition coefficient (Wildman–Crippen LogP) is 1.98. The Labute approximate surface area is 103 Å². The average molecular weight is 241 g/mol. The maximum absolute atomic E-state index is 12.0. The molecule has 1 rings (SSSR count).